The zero-order valence-electron chi connectivity index (χ0n) is 17.6. The Morgan fingerprint density at radius 3 is 2.46 bits per heavy atom. The minimum absolute atomic E-state index is 0.703. The molecule has 0 atom stereocenters. The molecule has 0 saturated heterocycles. The molecule has 0 N–H and O–H groups in total. The lowest BCUT2D eigenvalue weighted by atomic mass is 10.1. The third-order valence-corrected chi connectivity index (χ3v) is 5.03. The predicted octanol–water partition coefficient (Wildman–Crippen LogP) is 4.06. The van der Waals surface area contributed by atoms with E-state index >= 15 is 0 Å². The lowest BCUT2D eigenvalue weighted by Crippen LogP contribution is -2.22. The summed E-state index contributed by atoms with van der Waals surface area (Å²) in [6, 6.07) is 10.8. The molecule has 0 fully saturated rings. The Morgan fingerprint density at radius 2 is 1.75 bits per heavy atom. The van der Waals surface area contributed by atoms with Crippen LogP contribution < -0.4 is 4.90 Å². The predicted molar refractivity (Wildman–Crippen MR) is 115 cm³/mol. The van der Waals surface area contributed by atoms with Gasteiger partial charge in [-0.25, -0.2) is 4.98 Å². The fourth-order valence-corrected chi connectivity index (χ4v) is 3.44. The summed E-state index contributed by atoms with van der Waals surface area (Å²) in [5.74, 6) is 1.00. The summed E-state index contributed by atoms with van der Waals surface area (Å²) in [5, 5.41) is 0. The molecule has 0 unspecified atom stereocenters. The van der Waals surface area contributed by atoms with Gasteiger partial charge in [0.2, 0.25) is 0 Å². The third kappa shape index (κ3) is 4.78. The van der Waals surface area contributed by atoms with Gasteiger partial charge in [-0.3, -0.25) is 4.98 Å². The first-order valence-electron chi connectivity index (χ1n) is 9.75. The maximum atomic E-state index is 5.17. The van der Waals surface area contributed by atoms with Crippen molar-refractivity contribution in [2.45, 2.75) is 33.6 Å². The van der Waals surface area contributed by atoms with Gasteiger partial charge in [0, 0.05) is 44.0 Å². The number of pyridine rings is 2. The number of hydrogen-bond acceptors (Lipinski definition) is 4. The van der Waals surface area contributed by atoms with Crippen molar-refractivity contribution in [1.29, 1.82) is 0 Å². The van der Waals surface area contributed by atoms with E-state index in [1.54, 1.807) is 7.11 Å². The third-order valence-electron chi connectivity index (χ3n) is 5.03. The molecule has 0 bridgehead atoms. The second-order valence-electron chi connectivity index (χ2n) is 7.41. The van der Waals surface area contributed by atoms with E-state index in [-0.39, 0.29) is 0 Å². The molecule has 0 radical (unpaired) electrons. The molecular weight excluding hydrogens is 348 g/mol. The Labute approximate surface area is 168 Å². The van der Waals surface area contributed by atoms with Gasteiger partial charge in [0.25, 0.3) is 0 Å². The van der Waals surface area contributed by atoms with Gasteiger partial charge in [-0.05, 0) is 75.1 Å². The van der Waals surface area contributed by atoms with Crippen LogP contribution in [0.5, 0.6) is 0 Å². The van der Waals surface area contributed by atoms with E-state index in [1.165, 1.54) is 22.5 Å². The SMILES string of the molecule is COCCN(C)c1cncc(CCc2cc(C)cc(-n3c(C)ccc3C)n2)c1. The zero-order valence-corrected chi connectivity index (χ0v) is 17.6. The Morgan fingerprint density at radius 1 is 1.00 bits per heavy atom. The molecule has 3 heterocycles. The molecule has 5 heteroatoms. The van der Waals surface area contributed by atoms with E-state index in [0.29, 0.717) is 6.61 Å². The summed E-state index contributed by atoms with van der Waals surface area (Å²) in [6.45, 7) is 7.92. The first-order valence-corrected chi connectivity index (χ1v) is 9.75. The lowest BCUT2D eigenvalue weighted by Gasteiger charge is -2.19. The van der Waals surface area contributed by atoms with Gasteiger partial charge in [-0.1, -0.05) is 0 Å². The van der Waals surface area contributed by atoms with Crippen molar-refractivity contribution >= 4 is 5.69 Å². The van der Waals surface area contributed by atoms with E-state index in [2.05, 4.69) is 72.6 Å². The highest BCUT2D eigenvalue weighted by molar-refractivity contribution is 5.45. The molecule has 0 aromatic carbocycles. The number of nitrogens with zero attached hydrogens (tertiary/aromatic N) is 4. The minimum Gasteiger partial charge on any atom is -0.383 e. The Balaban J connectivity index is 1.75. The number of rotatable bonds is 8. The van der Waals surface area contributed by atoms with Crippen molar-refractivity contribution in [1.82, 2.24) is 14.5 Å². The van der Waals surface area contributed by atoms with Crippen LogP contribution in [-0.2, 0) is 17.6 Å². The normalized spacial score (nSPS) is 11.0. The topological polar surface area (TPSA) is 43.2 Å². The maximum Gasteiger partial charge on any atom is 0.137 e. The average Bonchev–Trinajstić information content (AvgIpc) is 3.02. The number of methoxy groups -OCH3 is 1. The highest BCUT2D eigenvalue weighted by Crippen LogP contribution is 2.18. The zero-order chi connectivity index (χ0) is 20.1. The van der Waals surface area contributed by atoms with Crippen LogP contribution in [0.25, 0.3) is 5.82 Å². The number of anilines is 1. The first-order chi connectivity index (χ1) is 13.5. The van der Waals surface area contributed by atoms with Crippen LogP contribution in [0.4, 0.5) is 5.69 Å². The van der Waals surface area contributed by atoms with Crippen molar-refractivity contribution in [2.24, 2.45) is 0 Å². The molecule has 0 spiro atoms. The number of hydrogen-bond donors (Lipinski definition) is 0. The van der Waals surface area contributed by atoms with Crippen molar-refractivity contribution in [3.05, 3.63) is 70.9 Å². The summed E-state index contributed by atoms with van der Waals surface area (Å²) >= 11 is 0. The van der Waals surface area contributed by atoms with E-state index in [0.717, 1.165) is 36.6 Å². The second kappa shape index (κ2) is 9.02. The quantitative estimate of drug-likeness (QED) is 0.593. The molecule has 5 nitrogen and oxygen atoms in total. The number of aromatic nitrogens is 3. The van der Waals surface area contributed by atoms with Gasteiger partial charge in [-0.15, -0.1) is 0 Å². The fourth-order valence-electron chi connectivity index (χ4n) is 3.44. The molecule has 3 aromatic heterocycles. The summed E-state index contributed by atoms with van der Waals surface area (Å²) in [5.41, 5.74) is 7.10. The highest BCUT2D eigenvalue weighted by Gasteiger charge is 2.09. The van der Waals surface area contributed by atoms with Crippen LogP contribution in [0.3, 0.4) is 0 Å². The number of ether oxygens (including phenoxy) is 1. The molecule has 0 saturated carbocycles. The van der Waals surface area contributed by atoms with Crippen molar-refractivity contribution in [3.8, 4) is 5.82 Å². The summed E-state index contributed by atoms with van der Waals surface area (Å²) < 4.78 is 7.38. The number of aryl methyl sites for hydroxylation is 5. The molecule has 0 aliphatic rings. The molecular formula is C23H30N4O. The van der Waals surface area contributed by atoms with Gasteiger partial charge < -0.3 is 14.2 Å². The Bertz CT molecular complexity index is 913. The maximum absolute atomic E-state index is 5.17. The van der Waals surface area contributed by atoms with Gasteiger partial charge in [0.05, 0.1) is 18.5 Å². The smallest absolute Gasteiger partial charge is 0.137 e. The molecule has 28 heavy (non-hydrogen) atoms. The standard InChI is InChI=1S/C23H30N4O/c1-17-12-21(25-23(13-17)27-18(2)6-7-19(27)3)9-8-20-14-22(16-24-15-20)26(4)10-11-28-5/h6-7,12-16H,8-11H2,1-5H3. The van der Waals surface area contributed by atoms with E-state index in [4.69, 9.17) is 9.72 Å². The Kier molecular flexibility index (Phi) is 6.47. The minimum atomic E-state index is 0.703. The van der Waals surface area contributed by atoms with Gasteiger partial charge in [0.15, 0.2) is 0 Å². The molecule has 3 rings (SSSR count). The first kappa shape index (κ1) is 20.1. The van der Waals surface area contributed by atoms with Crippen LogP contribution in [0, 0.1) is 20.8 Å². The van der Waals surface area contributed by atoms with E-state index in [1.807, 2.05) is 12.4 Å². The van der Waals surface area contributed by atoms with Gasteiger partial charge in [0.1, 0.15) is 5.82 Å². The van der Waals surface area contributed by atoms with Gasteiger partial charge in [-0.2, -0.15) is 0 Å². The lowest BCUT2D eigenvalue weighted by molar-refractivity contribution is 0.206. The van der Waals surface area contributed by atoms with Crippen LogP contribution in [-0.4, -0.2) is 41.8 Å². The van der Waals surface area contributed by atoms with E-state index < -0.39 is 0 Å². The van der Waals surface area contributed by atoms with Crippen LogP contribution in [0.2, 0.25) is 0 Å². The molecule has 148 valence electrons. The molecule has 0 aliphatic heterocycles. The summed E-state index contributed by atoms with van der Waals surface area (Å²) in [7, 11) is 3.79. The Hall–Kier alpha value is -2.66. The van der Waals surface area contributed by atoms with Crippen molar-refractivity contribution in [3.63, 3.8) is 0 Å². The highest BCUT2D eigenvalue weighted by atomic mass is 16.5. The summed E-state index contributed by atoms with van der Waals surface area (Å²) in [4.78, 5) is 11.5. The monoisotopic (exact) mass is 378 g/mol. The van der Waals surface area contributed by atoms with Crippen molar-refractivity contribution in [2.75, 3.05) is 32.2 Å². The molecule has 0 amide bonds. The second-order valence-corrected chi connectivity index (χ2v) is 7.41. The van der Waals surface area contributed by atoms with E-state index in [9.17, 15) is 0 Å². The fraction of sp³-hybridized carbons (Fsp3) is 0.391. The largest absolute Gasteiger partial charge is 0.383 e. The van der Waals surface area contributed by atoms with Crippen molar-refractivity contribution < 1.29 is 4.74 Å². The average molecular weight is 379 g/mol. The molecule has 3 aromatic rings. The molecule has 0 aliphatic carbocycles. The van der Waals surface area contributed by atoms with Gasteiger partial charge >= 0.3 is 0 Å². The number of likely N-dealkylation sites (N-methyl/N-ethyl adjacent to an activating group) is 1. The van der Waals surface area contributed by atoms with Crippen LogP contribution in [0.15, 0.2) is 42.7 Å². The van der Waals surface area contributed by atoms with Crippen LogP contribution in [0.1, 0.15) is 28.2 Å². The summed E-state index contributed by atoms with van der Waals surface area (Å²) in [6.07, 6.45) is 5.66. The van der Waals surface area contributed by atoms with Crippen LogP contribution >= 0.6 is 0 Å².